The van der Waals surface area contributed by atoms with Crippen LogP contribution < -0.4 is 0 Å². The van der Waals surface area contributed by atoms with E-state index >= 15 is 0 Å². The van der Waals surface area contributed by atoms with Crippen molar-refractivity contribution in [1.82, 2.24) is 0 Å². The monoisotopic (exact) mass is 380 g/mol. The molecule has 106 valence electrons. The van der Waals surface area contributed by atoms with Crippen LogP contribution in [0.15, 0.2) is 34.8 Å². The Hall–Kier alpha value is -0.680. The number of aliphatic hydroxyl groups is 1. The molecular weight excluding hydrogens is 373 g/mol. The Balaban J connectivity index is 2.32. The van der Waals surface area contributed by atoms with Crippen molar-refractivity contribution in [2.24, 2.45) is 0 Å². The second-order valence-electron chi connectivity index (χ2n) is 4.24. The van der Waals surface area contributed by atoms with E-state index in [0.29, 0.717) is 15.6 Å². The van der Waals surface area contributed by atoms with Crippen LogP contribution in [0.1, 0.15) is 17.2 Å². The summed E-state index contributed by atoms with van der Waals surface area (Å²) in [5, 5.41) is 10.8. The number of aliphatic hydroxyl groups excluding tert-OH is 1. The van der Waals surface area contributed by atoms with Crippen LogP contribution in [0.4, 0.5) is 8.78 Å². The fourth-order valence-corrected chi connectivity index (χ4v) is 2.75. The third-order valence-electron chi connectivity index (χ3n) is 2.81. The van der Waals surface area contributed by atoms with Gasteiger partial charge in [0.15, 0.2) is 0 Å². The number of halogens is 5. The van der Waals surface area contributed by atoms with E-state index in [1.54, 1.807) is 0 Å². The van der Waals surface area contributed by atoms with Crippen molar-refractivity contribution in [1.29, 1.82) is 0 Å². The highest BCUT2D eigenvalue weighted by Gasteiger charge is 2.18. The van der Waals surface area contributed by atoms with Gasteiger partial charge in [-0.3, -0.25) is 0 Å². The lowest BCUT2D eigenvalue weighted by atomic mass is 10.0. The van der Waals surface area contributed by atoms with Crippen LogP contribution in [0.2, 0.25) is 10.0 Å². The number of rotatable bonds is 3. The maximum absolute atomic E-state index is 13.8. The van der Waals surface area contributed by atoms with Gasteiger partial charge in [-0.2, -0.15) is 0 Å². The summed E-state index contributed by atoms with van der Waals surface area (Å²) in [7, 11) is 0. The smallest absolute Gasteiger partial charge is 0.143 e. The summed E-state index contributed by atoms with van der Waals surface area (Å²) < 4.78 is 27.6. The zero-order chi connectivity index (χ0) is 14.9. The van der Waals surface area contributed by atoms with Gasteiger partial charge in [0.1, 0.15) is 11.6 Å². The van der Waals surface area contributed by atoms with Gasteiger partial charge in [0.25, 0.3) is 0 Å². The summed E-state index contributed by atoms with van der Waals surface area (Å²) in [5.74, 6) is -1.44. The summed E-state index contributed by atoms with van der Waals surface area (Å²) in [5.41, 5.74) is 0.212. The summed E-state index contributed by atoms with van der Waals surface area (Å²) in [4.78, 5) is 0. The van der Waals surface area contributed by atoms with Gasteiger partial charge in [-0.25, -0.2) is 8.78 Å². The topological polar surface area (TPSA) is 20.2 Å². The molecule has 0 saturated heterocycles. The molecule has 20 heavy (non-hydrogen) atoms. The molecule has 0 bridgehead atoms. The van der Waals surface area contributed by atoms with Crippen molar-refractivity contribution in [3.63, 3.8) is 0 Å². The molecule has 1 N–H and O–H groups in total. The van der Waals surface area contributed by atoms with Crippen LogP contribution in [0.25, 0.3) is 0 Å². The Kier molecular flexibility index (Phi) is 5.02. The zero-order valence-electron chi connectivity index (χ0n) is 10.0. The van der Waals surface area contributed by atoms with Crippen molar-refractivity contribution in [3.05, 3.63) is 67.6 Å². The highest BCUT2D eigenvalue weighted by Crippen LogP contribution is 2.29. The molecular formula is C14H9BrCl2F2O. The summed E-state index contributed by atoms with van der Waals surface area (Å²) in [6, 6.07) is 6.94. The van der Waals surface area contributed by atoms with Gasteiger partial charge in [0.05, 0.1) is 10.6 Å². The molecule has 0 heterocycles. The van der Waals surface area contributed by atoms with Crippen LogP contribution in [-0.2, 0) is 6.42 Å². The lowest BCUT2D eigenvalue weighted by Crippen LogP contribution is -2.06. The van der Waals surface area contributed by atoms with Gasteiger partial charge in [0, 0.05) is 22.0 Å². The van der Waals surface area contributed by atoms with E-state index in [-0.39, 0.29) is 16.5 Å². The maximum Gasteiger partial charge on any atom is 0.143 e. The molecule has 0 saturated carbocycles. The number of hydrogen-bond acceptors (Lipinski definition) is 1. The predicted molar refractivity (Wildman–Crippen MR) is 79.2 cm³/mol. The molecule has 0 amide bonds. The molecule has 2 aromatic carbocycles. The minimum atomic E-state index is -1.11. The Morgan fingerprint density at radius 2 is 1.70 bits per heavy atom. The normalized spacial score (nSPS) is 12.5. The van der Waals surface area contributed by atoms with Crippen LogP contribution in [-0.4, -0.2) is 5.11 Å². The van der Waals surface area contributed by atoms with Crippen molar-refractivity contribution in [2.45, 2.75) is 12.5 Å². The summed E-state index contributed by atoms with van der Waals surface area (Å²) in [6.45, 7) is 0. The Bertz CT molecular complexity index is 629. The van der Waals surface area contributed by atoms with Crippen molar-refractivity contribution in [2.75, 3.05) is 0 Å². The van der Waals surface area contributed by atoms with Crippen molar-refractivity contribution >= 4 is 39.1 Å². The van der Waals surface area contributed by atoms with Crippen LogP contribution >= 0.6 is 39.1 Å². The Labute approximate surface area is 133 Å². The summed E-state index contributed by atoms with van der Waals surface area (Å²) in [6.07, 6.45) is -1.32. The van der Waals surface area contributed by atoms with Gasteiger partial charge in [0.2, 0.25) is 0 Å². The van der Waals surface area contributed by atoms with Crippen LogP contribution in [0.5, 0.6) is 0 Å². The first-order chi connectivity index (χ1) is 9.38. The molecule has 0 fully saturated rings. The fourth-order valence-electron chi connectivity index (χ4n) is 1.83. The largest absolute Gasteiger partial charge is 0.388 e. The molecule has 1 unspecified atom stereocenters. The third kappa shape index (κ3) is 3.50. The van der Waals surface area contributed by atoms with Gasteiger partial charge < -0.3 is 5.11 Å². The first-order valence-electron chi connectivity index (χ1n) is 5.65. The molecule has 0 spiro atoms. The lowest BCUT2D eigenvalue weighted by Gasteiger charge is -2.14. The molecule has 0 aliphatic heterocycles. The van der Waals surface area contributed by atoms with E-state index in [1.165, 1.54) is 24.3 Å². The van der Waals surface area contributed by atoms with Gasteiger partial charge >= 0.3 is 0 Å². The average Bonchev–Trinajstić information content (AvgIpc) is 2.38. The quantitative estimate of drug-likeness (QED) is 0.714. The number of benzene rings is 2. The van der Waals surface area contributed by atoms with E-state index in [9.17, 15) is 13.9 Å². The Morgan fingerprint density at radius 3 is 2.30 bits per heavy atom. The van der Waals surface area contributed by atoms with Crippen LogP contribution in [0, 0.1) is 11.6 Å². The summed E-state index contributed by atoms with van der Waals surface area (Å²) >= 11 is 14.7. The molecule has 1 nitrogen and oxygen atoms in total. The van der Waals surface area contributed by atoms with E-state index in [1.807, 2.05) is 0 Å². The third-order valence-corrected chi connectivity index (χ3v) is 3.85. The molecule has 0 radical (unpaired) electrons. The average molecular weight is 382 g/mol. The lowest BCUT2D eigenvalue weighted by molar-refractivity contribution is 0.175. The van der Waals surface area contributed by atoms with Crippen molar-refractivity contribution in [3.8, 4) is 0 Å². The second kappa shape index (κ2) is 6.39. The van der Waals surface area contributed by atoms with Gasteiger partial charge in [-0.05, 0) is 51.8 Å². The van der Waals surface area contributed by atoms with E-state index in [2.05, 4.69) is 15.9 Å². The fraction of sp³-hybridized carbons (Fsp3) is 0.143. The van der Waals surface area contributed by atoms with E-state index < -0.39 is 17.7 Å². The van der Waals surface area contributed by atoms with Gasteiger partial charge in [-0.1, -0.05) is 23.2 Å². The second-order valence-corrected chi connectivity index (χ2v) is 5.97. The highest BCUT2D eigenvalue weighted by atomic mass is 79.9. The van der Waals surface area contributed by atoms with E-state index in [4.69, 9.17) is 23.2 Å². The maximum atomic E-state index is 13.8. The Morgan fingerprint density at radius 1 is 1.10 bits per heavy atom. The standard InChI is InChI=1S/C14H9BrCl2F2O/c15-11-1-2-12(18)10(14(11)19)6-13(20)7-3-8(16)5-9(17)4-7/h1-5,13,20H,6H2. The first-order valence-corrected chi connectivity index (χ1v) is 7.20. The molecule has 1 atom stereocenters. The predicted octanol–water partition coefficient (Wildman–Crippen LogP) is 5.31. The van der Waals surface area contributed by atoms with E-state index in [0.717, 1.165) is 6.07 Å². The zero-order valence-corrected chi connectivity index (χ0v) is 13.1. The molecule has 2 rings (SSSR count). The SMILES string of the molecule is OC(Cc1c(F)ccc(Br)c1F)c1cc(Cl)cc(Cl)c1. The molecule has 2 aromatic rings. The molecule has 0 aliphatic rings. The number of hydrogen-bond donors (Lipinski definition) is 1. The molecule has 6 heteroatoms. The first kappa shape index (κ1) is 15.7. The van der Waals surface area contributed by atoms with Crippen LogP contribution in [0.3, 0.4) is 0 Å². The minimum Gasteiger partial charge on any atom is -0.388 e. The minimum absolute atomic E-state index is 0.144. The highest BCUT2D eigenvalue weighted by molar-refractivity contribution is 9.10. The van der Waals surface area contributed by atoms with Crippen molar-refractivity contribution < 1.29 is 13.9 Å². The molecule has 0 aromatic heterocycles. The molecule has 0 aliphatic carbocycles. The van der Waals surface area contributed by atoms with Gasteiger partial charge in [-0.15, -0.1) is 0 Å².